The van der Waals surface area contributed by atoms with Crippen LogP contribution in [0.25, 0.3) is 0 Å². The number of carbonyl (C=O) groups excluding carboxylic acids is 1. The predicted molar refractivity (Wildman–Crippen MR) is 117 cm³/mol. The molecular formula is C20H27N3O3S3. The van der Waals surface area contributed by atoms with Gasteiger partial charge in [0.25, 0.3) is 5.91 Å². The van der Waals surface area contributed by atoms with Crippen LogP contribution in [0.1, 0.15) is 52.7 Å². The van der Waals surface area contributed by atoms with E-state index in [1.807, 2.05) is 6.07 Å². The van der Waals surface area contributed by atoms with Crippen molar-refractivity contribution in [2.24, 2.45) is 0 Å². The molecule has 1 amide bonds. The van der Waals surface area contributed by atoms with E-state index >= 15 is 0 Å². The second-order valence-corrected chi connectivity index (χ2v) is 11.4. The summed E-state index contributed by atoms with van der Waals surface area (Å²) in [6, 6.07) is 5.86. The third-order valence-electron chi connectivity index (χ3n) is 5.68. The van der Waals surface area contributed by atoms with E-state index in [0.717, 1.165) is 32.4 Å². The van der Waals surface area contributed by atoms with Gasteiger partial charge in [0.15, 0.2) is 0 Å². The smallest absolute Gasteiger partial charge is 0.262 e. The Bertz CT molecular complexity index is 912. The first-order valence-corrected chi connectivity index (χ1v) is 13.4. The zero-order valence-electron chi connectivity index (χ0n) is 16.4. The lowest BCUT2D eigenvalue weighted by molar-refractivity contribution is 0.0939. The average molecular weight is 454 g/mol. The highest BCUT2D eigenvalue weighted by Crippen LogP contribution is 2.30. The summed E-state index contributed by atoms with van der Waals surface area (Å²) in [5.41, 5.74) is 0. The summed E-state index contributed by atoms with van der Waals surface area (Å²) in [6.07, 6.45) is 5.17. The number of rotatable bonds is 7. The minimum absolute atomic E-state index is 0.142. The number of piperidine rings is 1. The predicted octanol–water partition coefficient (Wildman–Crippen LogP) is 3.55. The minimum atomic E-state index is -3.62. The summed E-state index contributed by atoms with van der Waals surface area (Å²) < 4.78 is 27.6. The molecule has 158 valence electrons. The second-order valence-electron chi connectivity index (χ2n) is 7.56. The summed E-state index contributed by atoms with van der Waals surface area (Å²) in [5, 5.41) is 6.77. The van der Waals surface area contributed by atoms with E-state index in [1.165, 1.54) is 33.4 Å². The fourth-order valence-electron chi connectivity index (χ4n) is 4.12. The van der Waals surface area contributed by atoms with Gasteiger partial charge in [0.1, 0.15) is 9.77 Å². The van der Waals surface area contributed by atoms with E-state index in [4.69, 9.17) is 0 Å². The van der Waals surface area contributed by atoms with Gasteiger partial charge in [-0.05, 0) is 61.7 Å². The molecule has 2 aromatic heterocycles. The third-order valence-corrected chi connectivity index (χ3v) is 9.63. The highest BCUT2D eigenvalue weighted by molar-refractivity contribution is 7.89. The van der Waals surface area contributed by atoms with E-state index < -0.39 is 10.0 Å². The Morgan fingerprint density at radius 2 is 1.72 bits per heavy atom. The molecule has 9 heteroatoms. The first kappa shape index (κ1) is 21.0. The van der Waals surface area contributed by atoms with Crippen LogP contribution in [0.2, 0.25) is 0 Å². The third kappa shape index (κ3) is 4.59. The van der Waals surface area contributed by atoms with Crippen molar-refractivity contribution < 1.29 is 13.2 Å². The molecule has 2 aliphatic rings. The fraction of sp³-hybridized carbons (Fsp3) is 0.550. The standard InChI is InChI=1S/C20H27N3O3S3/c24-20(21-15-16(17-7-6-13-27-17)22-9-4-5-10-22)19-18(8-14-28-19)29(25,26)23-11-2-1-3-12-23/h6-8,13-14,16H,1-5,9-12,15H2,(H,21,24). The van der Waals surface area contributed by atoms with Crippen LogP contribution in [0.5, 0.6) is 0 Å². The van der Waals surface area contributed by atoms with Crippen LogP contribution < -0.4 is 5.32 Å². The zero-order chi connectivity index (χ0) is 20.3. The molecule has 0 bridgehead atoms. The number of carbonyl (C=O) groups is 1. The maximum atomic E-state index is 13.1. The number of thiophene rings is 2. The van der Waals surface area contributed by atoms with Crippen LogP contribution in [0.3, 0.4) is 0 Å². The molecule has 6 nitrogen and oxygen atoms in total. The summed E-state index contributed by atoms with van der Waals surface area (Å²) in [7, 11) is -3.62. The van der Waals surface area contributed by atoms with Crippen molar-refractivity contribution in [2.75, 3.05) is 32.7 Å². The average Bonchev–Trinajstić information content (AvgIpc) is 3.51. The second kappa shape index (κ2) is 9.26. The molecule has 0 saturated carbocycles. The van der Waals surface area contributed by atoms with Gasteiger partial charge >= 0.3 is 0 Å². The fourth-order valence-corrected chi connectivity index (χ4v) is 7.82. The largest absolute Gasteiger partial charge is 0.349 e. The summed E-state index contributed by atoms with van der Waals surface area (Å²) in [6.45, 7) is 3.63. The number of hydrogen-bond donors (Lipinski definition) is 1. The number of hydrogen-bond acceptors (Lipinski definition) is 6. The van der Waals surface area contributed by atoms with Crippen molar-refractivity contribution in [1.29, 1.82) is 0 Å². The number of nitrogens with one attached hydrogen (secondary N) is 1. The number of nitrogens with zero attached hydrogens (tertiary/aromatic N) is 2. The Balaban J connectivity index is 1.48. The highest BCUT2D eigenvalue weighted by Gasteiger charge is 2.31. The molecule has 4 heterocycles. The van der Waals surface area contributed by atoms with Crippen molar-refractivity contribution >= 4 is 38.6 Å². The lowest BCUT2D eigenvalue weighted by Gasteiger charge is -2.27. The van der Waals surface area contributed by atoms with Crippen LogP contribution in [-0.2, 0) is 10.0 Å². The van der Waals surface area contributed by atoms with Crippen molar-refractivity contribution in [3.05, 3.63) is 38.7 Å². The van der Waals surface area contributed by atoms with Crippen molar-refractivity contribution in [3.63, 3.8) is 0 Å². The Morgan fingerprint density at radius 1 is 1.00 bits per heavy atom. The molecule has 2 fully saturated rings. The van der Waals surface area contributed by atoms with Crippen LogP contribution in [-0.4, -0.2) is 56.3 Å². The van der Waals surface area contributed by atoms with Gasteiger partial charge in [-0.1, -0.05) is 12.5 Å². The van der Waals surface area contributed by atoms with Gasteiger partial charge < -0.3 is 5.32 Å². The highest BCUT2D eigenvalue weighted by atomic mass is 32.2. The Kier molecular flexibility index (Phi) is 6.70. The molecule has 4 rings (SSSR count). The molecule has 2 saturated heterocycles. The van der Waals surface area contributed by atoms with E-state index in [-0.39, 0.29) is 16.8 Å². The van der Waals surface area contributed by atoms with E-state index in [9.17, 15) is 13.2 Å². The van der Waals surface area contributed by atoms with Gasteiger partial charge in [-0.2, -0.15) is 4.31 Å². The molecule has 1 atom stereocenters. The number of likely N-dealkylation sites (tertiary alicyclic amines) is 1. The molecule has 29 heavy (non-hydrogen) atoms. The Hall–Kier alpha value is -1.26. The molecule has 0 radical (unpaired) electrons. The van der Waals surface area contributed by atoms with Gasteiger partial charge in [-0.3, -0.25) is 9.69 Å². The first-order chi connectivity index (χ1) is 14.1. The van der Waals surface area contributed by atoms with Gasteiger partial charge in [0.05, 0.1) is 6.04 Å². The van der Waals surface area contributed by atoms with Crippen LogP contribution >= 0.6 is 22.7 Å². The normalized spacial score (nSPS) is 20.0. The van der Waals surface area contributed by atoms with Gasteiger partial charge in [0.2, 0.25) is 10.0 Å². The Labute approximate surface area is 180 Å². The number of amides is 1. The van der Waals surface area contributed by atoms with Gasteiger partial charge in [0, 0.05) is 24.5 Å². The molecule has 0 aliphatic carbocycles. The number of sulfonamides is 1. The van der Waals surface area contributed by atoms with E-state index in [0.29, 0.717) is 24.5 Å². The quantitative estimate of drug-likeness (QED) is 0.696. The zero-order valence-corrected chi connectivity index (χ0v) is 18.8. The minimum Gasteiger partial charge on any atom is -0.349 e. The molecular weight excluding hydrogens is 426 g/mol. The van der Waals surface area contributed by atoms with Crippen molar-refractivity contribution in [1.82, 2.24) is 14.5 Å². The first-order valence-electron chi connectivity index (χ1n) is 10.2. The molecule has 0 aromatic carbocycles. The molecule has 2 aliphatic heterocycles. The van der Waals surface area contributed by atoms with E-state index in [2.05, 4.69) is 21.7 Å². The lowest BCUT2D eigenvalue weighted by atomic mass is 10.2. The monoisotopic (exact) mass is 453 g/mol. The summed E-state index contributed by atoms with van der Waals surface area (Å²) in [5.74, 6) is -0.295. The van der Waals surface area contributed by atoms with Crippen molar-refractivity contribution in [3.8, 4) is 0 Å². The molecule has 2 aromatic rings. The van der Waals surface area contributed by atoms with Crippen LogP contribution in [0, 0.1) is 0 Å². The maximum Gasteiger partial charge on any atom is 0.262 e. The molecule has 0 spiro atoms. The summed E-state index contributed by atoms with van der Waals surface area (Å²) >= 11 is 2.90. The molecule has 1 N–H and O–H groups in total. The SMILES string of the molecule is O=C(NCC(c1cccs1)N1CCCC1)c1sccc1S(=O)(=O)N1CCCCC1. The maximum absolute atomic E-state index is 13.1. The summed E-state index contributed by atoms with van der Waals surface area (Å²) in [4.78, 5) is 17.0. The van der Waals surface area contributed by atoms with Gasteiger partial charge in [-0.15, -0.1) is 22.7 Å². The lowest BCUT2D eigenvalue weighted by Crippen LogP contribution is -2.38. The topological polar surface area (TPSA) is 69.7 Å². The van der Waals surface area contributed by atoms with Gasteiger partial charge in [-0.25, -0.2) is 8.42 Å². The van der Waals surface area contributed by atoms with Crippen LogP contribution in [0.15, 0.2) is 33.9 Å². The van der Waals surface area contributed by atoms with Crippen molar-refractivity contribution in [2.45, 2.75) is 43.0 Å². The molecule has 1 unspecified atom stereocenters. The Morgan fingerprint density at radius 3 is 2.41 bits per heavy atom. The van der Waals surface area contributed by atoms with Crippen LogP contribution in [0.4, 0.5) is 0 Å². The van der Waals surface area contributed by atoms with E-state index in [1.54, 1.807) is 22.8 Å².